The summed E-state index contributed by atoms with van der Waals surface area (Å²) in [5.74, 6) is -0.289. The molecule has 0 aromatic heterocycles. The number of nitrogens with one attached hydrogen (secondary N) is 2. The Morgan fingerprint density at radius 1 is 1.53 bits per heavy atom. The summed E-state index contributed by atoms with van der Waals surface area (Å²) < 4.78 is 0. The van der Waals surface area contributed by atoms with Crippen molar-refractivity contribution in [3.63, 3.8) is 0 Å². The summed E-state index contributed by atoms with van der Waals surface area (Å²) in [6.45, 7) is 4.11. The zero-order valence-electron chi connectivity index (χ0n) is 10.8. The van der Waals surface area contributed by atoms with E-state index in [0.717, 1.165) is 6.42 Å². The molecule has 1 aromatic rings. The number of anilines is 1. The van der Waals surface area contributed by atoms with Crippen LogP contribution in [0.5, 0.6) is 0 Å². The number of hydrogen-bond donors (Lipinski definition) is 2. The lowest BCUT2D eigenvalue weighted by atomic mass is 10.2. The van der Waals surface area contributed by atoms with E-state index in [1.807, 2.05) is 13.8 Å². The summed E-state index contributed by atoms with van der Waals surface area (Å²) in [6, 6.07) is 4.14. The molecule has 0 aliphatic carbocycles. The highest BCUT2D eigenvalue weighted by molar-refractivity contribution is 6.33. The molecule has 1 rings (SSSR count). The SMILES string of the molecule is CCC(C)NCC(=O)Nc1cc([N+](=O)[O-])ccc1Cl. The smallest absolute Gasteiger partial charge is 0.271 e. The molecular formula is C12H16ClN3O3. The Labute approximate surface area is 116 Å². The average molecular weight is 286 g/mol. The van der Waals surface area contributed by atoms with Crippen LogP contribution in [0.15, 0.2) is 18.2 Å². The number of non-ortho nitro benzene ring substituents is 1. The van der Waals surface area contributed by atoms with Crippen LogP contribution in [0.2, 0.25) is 5.02 Å². The van der Waals surface area contributed by atoms with Crippen LogP contribution in [0.1, 0.15) is 20.3 Å². The normalized spacial score (nSPS) is 11.9. The minimum atomic E-state index is -0.538. The van der Waals surface area contributed by atoms with Gasteiger partial charge in [-0.3, -0.25) is 14.9 Å². The molecule has 1 atom stereocenters. The fourth-order valence-electron chi connectivity index (χ4n) is 1.33. The molecule has 6 nitrogen and oxygen atoms in total. The van der Waals surface area contributed by atoms with Crippen LogP contribution in [-0.2, 0) is 4.79 Å². The molecule has 0 aliphatic heterocycles. The van der Waals surface area contributed by atoms with Gasteiger partial charge in [-0.05, 0) is 19.4 Å². The second kappa shape index (κ2) is 7.06. The average Bonchev–Trinajstić information content (AvgIpc) is 2.38. The third kappa shape index (κ3) is 4.84. The van der Waals surface area contributed by atoms with Crippen molar-refractivity contribution in [1.29, 1.82) is 0 Å². The van der Waals surface area contributed by atoms with Crippen molar-refractivity contribution in [3.8, 4) is 0 Å². The molecule has 0 bridgehead atoms. The first kappa shape index (κ1) is 15.4. The number of nitro benzene ring substituents is 1. The summed E-state index contributed by atoms with van der Waals surface area (Å²) in [5.41, 5.74) is 0.126. The van der Waals surface area contributed by atoms with Crippen LogP contribution in [0.25, 0.3) is 0 Å². The number of nitro groups is 1. The van der Waals surface area contributed by atoms with Gasteiger partial charge < -0.3 is 10.6 Å². The topological polar surface area (TPSA) is 84.3 Å². The highest BCUT2D eigenvalue weighted by atomic mass is 35.5. The number of rotatable bonds is 6. The first-order chi connectivity index (χ1) is 8.93. The van der Waals surface area contributed by atoms with Crippen LogP contribution in [0, 0.1) is 10.1 Å². The monoisotopic (exact) mass is 285 g/mol. The maximum atomic E-state index is 11.7. The Morgan fingerprint density at radius 2 is 2.21 bits per heavy atom. The van der Waals surface area contributed by atoms with Gasteiger partial charge >= 0.3 is 0 Å². The quantitative estimate of drug-likeness (QED) is 0.621. The van der Waals surface area contributed by atoms with E-state index in [9.17, 15) is 14.9 Å². The number of carbonyl (C=O) groups excluding carboxylic acids is 1. The van der Waals surface area contributed by atoms with E-state index in [0.29, 0.717) is 0 Å². The number of nitrogens with zero attached hydrogens (tertiary/aromatic N) is 1. The molecule has 0 aliphatic rings. The fourth-order valence-corrected chi connectivity index (χ4v) is 1.49. The number of hydrogen-bond acceptors (Lipinski definition) is 4. The molecule has 1 unspecified atom stereocenters. The number of halogens is 1. The van der Waals surface area contributed by atoms with E-state index >= 15 is 0 Å². The second-order valence-corrected chi connectivity index (χ2v) is 4.57. The highest BCUT2D eigenvalue weighted by Gasteiger charge is 2.12. The van der Waals surface area contributed by atoms with Crippen molar-refractivity contribution in [2.45, 2.75) is 26.3 Å². The van der Waals surface area contributed by atoms with Crippen LogP contribution < -0.4 is 10.6 Å². The maximum absolute atomic E-state index is 11.7. The van der Waals surface area contributed by atoms with Crippen molar-refractivity contribution >= 4 is 28.9 Å². The molecule has 104 valence electrons. The van der Waals surface area contributed by atoms with Crippen LogP contribution >= 0.6 is 11.6 Å². The van der Waals surface area contributed by atoms with Gasteiger partial charge in [0.2, 0.25) is 5.91 Å². The summed E-state index contributed by atoms with van der Waals surface area (Å²) in [7, 11) is 0. The number of carbonyl (C=O) groups is 1. The van der Waals surface area contributed by atoms with E-state index in [2.05, 4.69) is 10.6 Å². The maximum Gasteiger partial charge on any atom is 0.271 e. The lowest BCUT2D eigenvalue weighted by Gasteiger charge is -2.11. The standard InChI is InChI=1S/C12H16ClN3O3/c1-3-8(2)14-7-12(17)15-11-6-9(16(18)19)4-5-10(11)13/h4-6,8,14H,3,7H2,1-2H3,(H,15,17). The molecule has 19 heavy (non-hydrogen) atoms. The number of benzene rings is 1. The van der Waals surface area contributed by atoms with E-state index in [1.54, 1.807) is 0 Å². The molecule has 0 saturated heterocycles. The van der Waals surface area contributed by atoms with Crippen LogP contribution in [0.3, 0.4) is 0 Å². The summed E-state index contributed by atoms with van der Waals surface area (Å²) in [4.78, 5) is 21.8. The molecule has 1 amide bonds. The van der Waals surface area contributed by atoms with Crippen molar-refractivity contribution in [2.24, 2.45) is 0 Å². The first-order valence-corrected chi connectivity index (χ1v) is 6.29. The molecule has 1 aromatic carbocycles. The van der Waals surface area contributed by atoms with Crippen molar-refractivity contribution in [1.82, 2.24) is 5.32 Å². The van der Waals surface area contributed by atoms with Gasteiger partial charge in [-0.1, -0.05) is 18.5 Å². The van der Waals surface area contributed by atoms with E-state index in [-0.39, 0.29) is 34.9 Å². The molecule has 2 N–H and O–H groups in total. The molecule has 0 saturated carbocycles. The fraction of sp³-hybridized carbons (Fsp3) is 0.417. The van der Waals surface area contributed by atoms with Gasteiger partial charge in [0.1, 0.15) is 0 Å². The predicted molar refractivity (Wildman–Crippen MR) is 74.5 cm³/mol. The molecule has 0 fully saturated rings. The summed E-state index contributed by atoms with van der Waals surface area (Å²) >= 11 is 5.88. The van der Waals surface area contributed by atoms with Gasteiger partial charge in [-0.25, -0.2) is 0 Å². The minimum absolute atomic E-state index is 0.116. The molecule has 0 radical (unpaired) electrons. The van der Waals surface area contributed by atoms with Crippen LogP contribution in [0.4, 0.5) is 11.4 Å². The third-order valence-corrected chi connectivity index (χ3v) is 2.99. The molecule has 0 heterocycles. The van der Waals surface area contributed by atoms with Crippen molar-refractivity contribution in [3.05, 3.63) is 33.3 Å². The van der Waals surface area contributed by atoms with Crippen LogP contribution in [-0.4, -0.2) is 23.4 Å². The molecular weight excluding hydrogens is 270 g/mol. The Balaban J connectivity index is 2.68. The molecule has 0 spiro atoms. The second-order valence-electron chi connectivity index (χ2n) is 4.16. The largest absolute Gasteiger partial charge is 0.323 e. The van der Waals surface area contributed by atoms with Gasteiger partial charge in [0.15, 0.2) is 0 Å². The lowest BCUT2D eigenvalue weighted by Crippen LogP contribution is -2.34. The Bertz CT molecular complexity index is 479. The first-order valence-electron chi connectivity index (χ1n) is 5.91. The molecule has 7 heteroatoms. The van der Waals surface area contributed by atoms with Gasteiger partial charge in [0.25, 0.3) is 5.69 Å². The van der Waals surface area contributed by atoms with E-state index in [4.69, 9.17) is 11.6 Å². The van der Waals surface area contributed by atoms with Gasteiger partial charge in [-0.2, -0.15) is 0 Å². The zero-order chi connectivity index (χ0) is 14.4. The minimum Gasteiger partial charge on any atom is -0.323 e. The van der Waals surface area contributed by atoms with E-state index < -0.39 is 4.92 Å². The van der Waals surface area contributed by atoms with Gasteiger partial charge in [0.05, 0.1) is 22.2 Å². The van der Waals surface area contributed by atoms with Gasteiger partial charge in [0, 0.05) is 18.2 Å². The van der Waals surface area contributed by atoms with Gasteiger partial charge in [-0.15, -0.1) is 0 Å². The lowest BCUT2D eigenvalue weighted by molar-refractivity contribution is -0.384. The number of amides is 1. The van der Waals surface area contributed by atoms with Crippen molar-refractivity contribution in [2.75, 3.05) is 11.9 Å². The highest BCUT2D eigenvalue weighted by Crippen LogP contribution is 2.26. The third-order valence-electron chi connectivity index (χ3n) is 2.66. The van der Waals surface area contributed by atoms with E-state index in [1.165, 1.54) is 18.2 Å². The zero-order valence-corrected chi connectivity index (χ0v) is 11.5. The Hall–Kier alpha value is -1.66. The predicted octanol–water partition coefficient (Wildman–Crippen LogP) is 2.57. The van der Waals surface area contributed by atoms with Crippen molar-refractivity contribution < 1.29 is 9.72 Å². The summed E-state index contributed by atoms with van der Waals surface area (Å²) in [6.07, 6.45) is 0.908. The Kier molecular flexibility index (Phi) is 5.72. The summed E-state index contributed by atoms with van der Waals surface area (Å²) in [5, 5.41) is 16.5. The Morgan fingerprint density at radius 3 is 2.79 bits per heavy atom.